The summed E-state index contributed by atoms with van der Waals surface area (Å²) in [5, 5.41) is 5.97. The summed E-state index contributed by atoms with van der Waals surface area (Å²) in [4.78, 5) is 24.7. The molecule has 154 valence electrons. The average molecular weight is 397 g/mol. The third-order valence-corrected chi connectivity index (χ3v) is 5.92. The minimum absolute atomic E-state index is 0.00279. The van der Waals surface area contributed by atoms with Crippen molar-refractivity contribution in [2.24, 2.45) is 4.99 Å². The highest BCUT2D eigenvalue weighted by Crippen LogP contribution is 2.25. The Balaban J connectivity index is 1.31. The van der Waals surface area contributed by atoms with Crippen LogP contribution in [0, 0.1) is 0 Å². The molecule has 0 radical (unpaired) electrons. The summed E-state index contributed by atoms with van der Waals surface area (Å²) in [6, 6.07) is 8.43. The number of fused-ring (bicyclic) bond motifs is 1. The first-order valence-electron chi connectivity index (χ1n) is 10.3. The van der Waals surface area contributed by atoms with Crippen molar-refractivity contribution >= 4 is 28.6 Å². The number of hydrogen-bond acceptors (Lipinski definition) is 5. The van der Waals surface area contributed by atoms with Gasteiger partial charge in [-0.1, -0.05) is 12.1 Å². The molecule has 7 heteroatoms. The molecule has 1 amide bonds. The molecule has 1 aromatic carbocycles. The van der Waals surface area contributed by atoms with Gasteiger partial charge in [-0.25, -0.2) is 4.39 Å². The highest BCUT2D eigenvalue weighted by atomic mass is 19.1. The Morgan fingerprint density at radius 2 is 2.17 bits per heavy atom. The lowest BCUT2D eigenvalue weighted by atomic mass is 10.0. The third kappa shape index (κ3) is 4.56. The van der Waals surface area contributed by atoms with Gasteiger partial charge < -0.3 is 10.2 Å². The number of aromatic nitrogens is 1. The molecule has 0 bridgehead atoms. The Bertz CT molecular complexity index is 875. The lowest BCUT2D eigenvalue weighted by Gasteiger charge is -2.34. The van der Waals surface area contributed by atoms with Gasteiger partial charge in [0.25, 0.3) is 0 Å². The monoisotopic (exact) mass is 397 g/mol. The zero-order valence-corrected chi connectivity index (χ0v) is 16.8. The molecule has 2 fully saturated rings. The molecule has 1 aromatic heterocycles. The number of aliphatic imine (C=N–C) groups is 1. The normalized spacial score (nSPS) is 23.9. The number of amides is 1. The zero-order valence-electron chi connectivity index (χ0n) is 16.8. The van der Waals surface area contributed by atoms with Crippen molar-refractivity contribution < 1.29 is 9.18 Å². The first-order valence-corrected chi connectivity index (χ1v) is 10.3. The van der Waals surface area contributed by atoms with Gasteiger partial charge in [-0.2, -0.15) is 0 Å². The molecule has 29 heavy (non-hydrogen) atoms. The second-order valence-corrected chi connectivity index (χ2v) is 7.95. The molecule has 4 rings (SSSR count). The predicted octanol–water partition coefficient (Wildman–Crippen LogP) is 2.75. The van der Waals surface area contributed by atoms with Crippen LogP contribution in [0.1, 0.15) is 19.3 Å². The highest BCUT2D eigenvalue weighted by molar-refractivity contribution is 5.93. The number of nitrogens with one attached hydrogen (secondary N) is 1. The van der Waals surface area contributed by atoms with Crippen LogP contribution in [0.5, 0.6) is 0 Å². The SMILES string of the molecule is CN=C[C@@H]1C[C@H](F)CN1C(=O)CN1CCC(Nc2cccc3cnccc23)CC1. The van der Waals surface area contributed by atoms with E-state index in [1.807, 2.05) is 24.5 Å². The standard InChI is InChI=1S/C22H28FN5O/c1-24-13-19-11-17(23)14-28(19)22(29)15-27-9-6-18(7-10-27)26-21-4-2-3-16-12-25-8-5-20(16)21/h2-5,8,12-13,17-19,26H,6-7,9-11,14-15H2,1H3/t17-,19-/m0/s1. The number of pyridine rings is 1. The molecule has 2 aromatic rings. The van der Waals surface area contributed by atoms with Crippen molar-refractivity contribution in [3.8, 4) is 0 Å². The van der Waals surface area contributed by atoms with E-state index in [1.165, 1.54) is 5.39 Å². The number of halogens is 1. The van der Waals surface area contributed by atoms with Gasteiger partial charge in [0.15, 0.2) is 0 Å². The minimum Gasteiger partial charge on any atom is -0.382 e. The van der Waals surface area contributed by atoms with Crippen LogP contribution < -0.4 is 5.32 Å². The van der Waals surface area contributed by atoms with Gasteiger partial charge in [0.05, 0.1) is 19.1 Å². The first-order chi connectivity index (χ1) is 14.1. The van der Waals surface area contributed by atoms with Crippen molar-refractivity contribution in [1.82, 2.24) is 14.8 Å². The molecule has 0 spiro atoms. The molecule has 6 nitrogen and oxygen atoms in total. The van der Waals surface area contributed by atoms with Gasteiger partial charge in [-0.3, -0.25) is 19.7 Å². The fourth-order valence-corrected chi connectivity index (χ4v) is 4.40. The smallest absolute Gasteiger partial charge is 0.237 e. The van der Waals surface area contributed by atoms with E-state index in [9.17, 15) is 9.18 Å². The molecular weight excluding hydrogens is 369 g/mol. The van der Waals surface area contributed by atoms with Gasteiger partial charge in [0.2, 0.25) is 5.91 Å². The average Bonchev–Trinajstić information content (AvgIpc) is 3.10. The number of carbonyl (C=O) groups is 1. The summed E-state index contributed by atoms with van der Waals surface area (Å²) in [7, 11) is 1.67. The lowest BCUT2D eigenvalue weighted by molar-refractivity contribution is -0.132. The van der Waals surface area contributed by atoms with Gasteiger partial charge in [-0.15, -0.1) is 0 Å². The van der Waals surface area contributed by atoms with E-state index in [4.69, 9.17) is 0 Å². The van der Waals surface area contributed by atoms with Crippen molar-refractivity contribution in [1.29, 1.82) is 0 Å². The van der Waals surface area contributed by atoms with E-state index < -0.39 is 6.17 Å². The predicted molar refractivity (Wildman–Crippen MR) is 114 cm³/mol. The molecule has 2 aliphatic rings. The Morgan fingerprint density at radius 1 is 1.34 bits per heavy atom. The van der Waals surface area contributed by atoms with Gasteiger partial charge >= 0.3 is 0 Å². The number of nitrogens with zero attached hydrogens (tertiary/aromatic N) is 4. The van der Waals surface area contributed by atoms with Gasteiger partial charge in [0, 0.05) is 67.7 Å². The molecule has 2 saturated heterocycles. The number of piperidine rings is 1. The van der Waals surface area contributed by atoms with Crippen LogP contribution in [0.25, 0.3) is 10.8 Å². The van der Waals surface area contributed by atoms with Crippen LogP contribution in [-0.4, -0.2) is 78.4 Å². The van der Waals surface area contributed by atoms with E-state index in [1.54, 1.807) is 18.2 Å². The first kappa shape index (κ1) is 19.8. The quantitative estimate of drug-likeness (QED) is 0.788. The van der Waals surface area contributed by atoms with E-state index in [0.717, 1.165) is 37.0 Å². The topological polar surface area (TPSA) is 60.8 Å². The number of rotatable bonds is 5. The number of hydrogen-bond donors (Lipinski definition) is 1. The summed E-state index contributed by atoms with van der Waals surface area (Å²) in [5.74, 6) is 0.00279. The van der Waals surface area contributed by atoms with Crippen LogP contribution in [0.3, 0.4) is 0 Å². The van der Waals surface area contributed by atoms with E-state index in [-0.39, 0.29) is 18.5 Å². The summed E-state index contributed by atoms with van der Waals surface area (Å²) in [6.45, 7) is 2.25. The number of likely N-dealkylation sites (tertiary alicyclic amines) is 2. The maximum Gasteiger partial charge on any atom is 0.237 e. The van der Waals surface area contributed by atoms with Gasteiger partial charge in [-0.05, 0) is 25.0 Å². The molecule has 0 saturated carbocycles. The van der Waals surface area contributed by atoms with E-state index >= 15 is 0 Å². The summed E-state index contributed by atoms with van der Waals surface area (Å²) < 4.78 is 13.8. The van der Waals surface area contributed by atoms with Crippen LogP contribution in [-0.2, 0) is 4.79 Å². The molecule has 0 aliphatic carbocycles. The second kappa shape index (κ2) is 8.86. The summed E-state index contributed by atoms with van der Waals surface area (Å²) in [6.07, 6.45) is 6.74. The number of anilines is 1. The maximum atomic E-state index is 13.8. The zero-order chi connectivity index (χ0) is 20.2. The van der Waals surface area contributed by atoms with Crippen molar-refractivity contribution in [2.45, 2.75) is 37.5 Å². The molecule has 1 N–H and O–H groups in total. The number of carbonyl (C=O) groups excluding carboxylic acids is 1. The molecular formula is C22H28FN5O. The summed E-state index contributed by atoms with van der Waals surface area (Å²) in [5.41, 5.74) is 1.13. The second-order valence-electron chi connectivity index (χ2n) is 7.95. The molecule has 2 aliphatic heterocycles. The van der Waals surface area contributed by atoms with Crippen LogP contribution in [0.15, 0.2) is 41.7 Å². The fraction of sp³-hybridized carbons (Fsp3) is 0.500. The fourth-order valence-electron chi connectivity index (χ4n) is 4.40. The number of alkyl halides is 1. The van der Waals surface area contributed by atoms with Crippen LogP contribution >= 0.6 is 0 Å². The number of benzene rings is 1. The van der Waals surface area contributed by atoms with Crippen molar-refractivity contribution in [3.63, 3.8) is 0 Å². The Kier molecular flexibility index (Phi) is 6.04. The highest BCUT2D eigenvalue weighted by Gasteiger charge is 2.35. The van der Waals surface area contributed by atoms with Crippen LogP contribution in [0.4, 0.5) is 10.1 Å². The lowest BCUT2D eigenvalue weighted by Crippen LogP contribution is -2.47. The largest absolute Gasteiger partial charge is 0.382 e. The van der Waals surface area contributed by atoms with Crippen molar-refractivity contribution in [3.05, 3.63) is 36.7 Å². The van der Waals surface area contributed by atoms with E-state index in [0.29, 0.717) is 19.0 Å². The summed E-state index contributed by atoms with van der Waals surface area (Å²) >= 11 is 0. The van der Waals surface area contributed by atoms with Crippen molar-refractivity contribution in [2.75, 3.05) is 38.5 Å². The van der Waals surface area contributed by atoms with E-state index in [2.05, 4.69) is 32.3 Å². The maximum absolute atomic E-state index is 13.8. The van der Waals surface area contributed by atoms with Crippen LogP contribution in [0.2, 0.25) is 0 Å². The molecule has 2 atom stereocenters. The minimum atomic E-state index is -0.951. The third-order valence-electron chi connectivity index (χ3n) is 5.92. The Labute approximate surface area is 170 Å². The Morgan fingerprint density at radius 3 is 2.97 bits per heavy atom. The van der Waals surface area contributed by atoms with Gasteiger partial charge in [0.1, 0.15) is 6.17 Å². The molecule has 3 heterocycles. The molecule has 0 unspecified atom stereocenters. The Hall–Kier alpha value is -2.54.